The van der Waals surface area contributed by atoms with Crippen LogP contribution in [0.25, 0.3) is 11.2 Å². The number of fused-ring (bicyclic) bond motifs is 1. The monoisotopic (exact) mass is 577 g/mol. The Morgan fingerprint density at radius 2 is 1.85 bits per heavy atom. The number of hydrogen-bond donors (Lipinski definition) is 6. The Labute approximate surface area is 233 Å². The number of aliphatic carboxylic acids is 2. The number of ether oxygens (including phenoxy) is 2. The number of carbonyl (C=O) groups is 2. The number of anilines is 1. The number of carboxylic acid groups (broad SMARTS) is 2. The molecule has 0 saturated heterocycles. The average Bonchev–Trinajstić information content (AvgIpc) is 3.35. The molecule has 4 atom stereocenters. The van der Waals surface area contributed by atoms with Crippen molar-refractivity contribution in [2.24, 2.45) is 0 Å². The zero-order valence-electron chi connectivity index (χ0n) is 21.2. The van der Waals surface area contributed by atoms with Crippen LogP contribution in [-0.4, -0.2) is 101 Å². The van der Waals surface area contributed by atoms with Crippen molar-refractivity contribution in [2.45, 2.75) is 43.4 Å². The van der Waals surface area contributed by atoms with Crippen LogP contribution in [0.5, 0.6) is 0 Å². The topological polar surface area (TPSA) is 209 Å². The Kier molecular flexibility index (Phi) is 10.3. The van der Waals surface area contributed by atoms with Crippen LogP contribution in [0.4, 0.5) is 5.82 Å². The molecule has 0 amide bonds. The van der Waals surface area contributed by atoms with Crippen LogP contribution in [0.3, 0.4) is 0 Å². The summed E-state index contributed by atoms with van der Waals surface area (Å²) in [7, 11) is 0. The number of carboxylic acids is 2. The van der Waals surface area contributed by atoms with Crippen molar-refractivity contribution >= 4 is 40.5 Å². The van der Waals surface area contributed by atoms with Gasteiger partial charge in [0.25, 0.3) is 5.60 Å². The maximum atomic E-state index is 12.1. The fourth-order valence-electron chi connectivity index (χ4n) is 3.70. The van der Waals surface area contributed by atoms with Crippen LogP contribution < -0.4 is 5.32 Å². The van der Waals surface area contributed by atoms with Gasteiger partial charge in [0, 0.05) is 12.5 Å². The summed E-state index contributed by atoms with van der Waals surface area (Å²) in [5.74, 6) is -1.23. The lowest BCUT2D eigenvalue weighted by Crippen LogP contribution is -2.52. The van der Waals surface area contributed by atoms with Crippen molar-refractivity contribution in [3.8, 4) is 12.3 Å². The van der Waals surface area contributed by atoms with E-state index in [1.807, 2.05) is 0 Å². The molecule has 0 fully saturated rings. The van der Waals surface area contributed by atoms with Gasteiger partial charge in [0.2, 0.25) is 5.28 Å². The molecule has 0 unspecified atom stereocenters. The molecule has 6 N–H and O–H groups in total. The van der Waals surface area contributed by atoms with Gasteiger partial charge in [0.05, 0.1) is 26.1 Å². The fraction of sp³-hybridized carbons (Fsp3) is 0.400. The molecule has 0 saturated carbocycles. The van der Waals surface area contributed by atoms with Gasteiger partial charge in [-0.2, -0.15) is 9.97 Å². The second-order valence-corrected chi connectivity index (χ2v) is 9.08. The van der Waals surface area contributed by atoms with Gasteiger partial charge in [-0.1, -0.05) is 36.3 Å². The van der Waals surface area contributed by atoms with Gasteiger partial charge in [-0.25, -0.2) is 14.6 Å². The van der Waals surface area contributed by atoms with Crippen LogP contribution in [0.1, 0.15) is 18.7 Å². The highest BCUT2D eigenvalue weighted by molar-refractivity contribution is 6.28. The molecule has 0 bridgehead atoms. The molecule has 3 rings (SSSR count). The molecule has 0 aliphatic carbocycles. The van der Waals surface area contributed by atoms with E-state index in [1.54, 1.807) is 37.3 Å². The predicted molar refractivity (Wildman–Crippen MR) is 140 cm³/mol. The summed E-state index contributed by atoms with van der Waals surface area (Å²) in [6, 6.07) is 7.59. The highest BCUT2D eigenvalue weighted by Gasteiger charge is 2.49. The van der Waals surface area contributed by atoms with Gasteiger partial charge in [-0.15, -0.1) is 6.42 Å². The van der Waals surface area contributed by atoms with Gasteiger partial charge in [0.1, 0.15) is 6.10 Å². The Hall–Kier alpha value is -3.84. The van der Waals surface area contributed by atoms with E-state index in [0.29, 0.717) is 5.56 Å². The second-order valence-electron chi connectivity index (χ2n) is 8.75. The van der Waals surface area contributed by atoms with E-state index in [2.05, 4.69) is 26.2 Å². The fourth-order valence-corrected chi connectivity index (χ4v) is 3.86. The lowest BCUT2D eigenvalue weighted by molar-refractivity contribution is -0.195. The first-order valence-electron chi connectivity index (χ1n) is 11.9. The number of nitrogens with zero attached hydrogens (tertiary/aromatic N) is 4. The SMILES string of the molecule is C#C[C@@H](O)[C@@H](O[C@@H](CO)COC(Cc1ccccc1)(C(=O)O)C(=O)O)n1cnc2c(N[C@H](C)CO)nc(Cl)nc21. The molecular weight excluding hydrogens is 550 g/mol. The molecule has 0 radical (unpaired) electrons. The number of aliphatic hydroxyl groups is 3. The smallest absolute Gasteiger partial charge is 0.348 e. The van der Waals surface area contributed by atoms with Gasteiger partial charge >= 0.3 is 11.9 Å². The number of aliphatic hydroxyl groups excluding tert-OH is 3. The van der Waals surface area contributed by atoms with Crippen molar-refractivity contribution in [1.82, 2.24) is 19.5 Å². The zero-order chi connectivity index (χ0) is 29.4. The van der Waals surface area contributed by atoms with Crippen molar-refractivity contribution < 1.29 is 44.6 Å². The Morgan fingerprint density at radius 1 is 1.18 bits per heavy atom. The minimum Gasteiger partial charge on any atom is -0.479 e. The van der Waals surface area contributed by atoms with E-state index in [9.17, 15) is 35.1 Å². The standard InChI is InChI=1S/C25H28ClN5O9/c1-3-17(34)21(31-13-27-18-19(28-14(2)10-32)29-24(26)30-20(18)31)40-16(11-33)12-39-25(22(35)36,23(37)38)9-15-7-5-4-6-8-15/h1,4-8,13-14,16-17,21,32-34H,9-12H2,2H3,(H,35,36)(H,37,38)(H,28,29,30)/t14-,16+,17-,21-/m1/s1. The third-order valence-electron chi connectivity index (χ3n) is 5.80. The van der Waals surface area contributed by atoms with Gasteiger partial charge in [-0.3, -0.25) is 4.57 Å². The summed E-state index contributed by atoms with van der Waals surface area (Å²) in [5.41, 5.74) is -2.06. The van der Waals surface area contributed by atoms with Gasteiger partial charge in [-0.05, 0) is 24.1 Å². The highest BCUT2D eigenvalue weighted by atomic mass is 35.5. The number of imidazole rings is 1. The van der Waals surface area contributed by atoms with E-state index in [1.165, 1.54) is 10.9 Å². The Bertz CT molecular complexity index is 1350. The number of terminal acetylenes is 1. The summed E-state index contributed by atoms with van der Waals surface area (Å²) < 4.78 is 12.4. The first kappa shape index (κ1) is 30.7. The van der Waals surface area contributed by atoms with Crippen LogP contribution in [-0.2, 0) is 25.5 Å². The maximum absolute atomic E-state index is 12.1. The van der Waals surface area contributed by atoms with Crippen molar-refractivity contribution in [3.05, 3.63) is 47.5 Å². The van der Waals surface area contributed by atoms with E-state index in [-0.39, 0.29) is 28.9 Å². The third kappa shape index (κ3) is 6.83. The third-order valence-corrected chi connectivity index (χ3v) is 5.97. The van der Waals surface area contributed by atoms with E-state index >= 15 is 0 Å². The normalized spacial score (nSPS) is 14.7. The van der Waals surface area contributed by atoms with Crippen LogP contribution in [0, 0.1) is 12.3 Å². The molecule has 2 heterocycles. The molecule has 40 heavy (non-hydrogen) atoms. The Balaban J connectivity index is 1.92. The molecule has 0 spiro atoms. The summed E-state index contributed by atoms with van der Waals surface area (Å²) in [6.45, 7) is -0.0106. The summed E-state index contributed by atoms with van der Waals surface area (Å²) >= 11 is 6.08. The van der Waals surface area contributed by atoms with Crippen LogP contribution in [0.2, 0.25) is 5.28 Å². The number of aromatic nitrogens is 4. The van der Waals surface area contributed by atoms with Crippen molar-refractivity contribution in [2.75, 3.05) is 25.1 Å². The molecule has 15 heteroatoms. The van der Waals surface area contributed by atoms with E-state index < -0.39 is 61.7 Å². The maximum Gasteiger partial charge on any atom is 0.348 e. The molecule has 214 valence electrons. The lowest BCUT2D eigenvalue weighted by Gasteiger charge is -2.30. The second kappa shape index (κ2) is 13.5. The number of rotatable bonds is 15. The molecule has 2 aromatic heterocycles. The van der Waals surface area contributed by atoms with Crippen molar-refractivity contribution in [1.29, 1.82) is 0 Å². The summed E-state index contributed by atoms with van der Waals surface area (Å²) in [4.78, 5) is 36.6. The first-order chi connectivity index (χ1) is 19.1. The molecule has 1 aromatic carbocycles. The lowest BCUT2D eigenvalue weighted by atomic mass is 9.94. The molecule has 0 aliphatic heterocycles. The molecule has 3 aromatic rings. The van der Waals surface area contributed by atoms with E-state index in [4.69, 9.17) is 27.5 Å². The van der Waals surface area contributed by atoms with Crippen molar-refractivity contribution in [3.63, 3.8) is 0 Å². The molecule has 14 nitrogen and oxygen atoms in total. The number of halogens is 1. The molecule has 0 aliphatic rings. The average molecular weight is 578 g/mol. The summed E-state index contributed by atoms with van der Waals surface area (Å²) in [6.07, 6.45) is 1.68. The number of benzene rings is 1. The van der Waals surface area contributed by atoms with Crippen LogP contribution in [0.15, 0.2) is 36.7 Å². The highest BCUT2D eigenvalue weighted by Crippen LogP contribution is 2.27. The Morgan fingerprint density at radius 3 is 2.42 bits per heavy atom. The number of nitrogens with one attached hydrogen (secondary N) is 1. The van der Waals surface area contributed by atoms with E-state index in [0.717, 1.165) is 0 Å². The number of hydrogen-bond acceptors (Lipinski definition) is 11. The predicted octanol–water partition coefficient (Wildman–Crippen LogP) is 0.310. The minimum atomic E-state index is -2.70. The van der Waals surface area contributed by atoms with Gasteiger partial charge in [0.15, 0.2) is 29.3 Å². The zero-order valence-corrected chi connectivity index (χ0v) is 22.0. The minimum absolute atomic E-state index is 0.0686. The first-order valence-corrected chi connectivity index (χ1v) is 12.3. The quantitative estimate of drug-likeness (QED) is 0.0817. The summed E-state index contributed by atoms with van der Waals surface area (Å²) in [5, 5.41) is 52.3. The van der Waals surface area contributed by atoms with Crippen LogP contribution >= 0.6 is 11.6 Å². The largest absolute Gasteiger partial charge is 0.479 e. The molecular formula is C25H28ClN5O9. The van der Waals surface area contributed by atoms with Gasteiger partial charge < -0.3 is 40.3 Å².